The minimum atomic E-state index is -0.416. The summed E-state index contributed by atoms with van der Waals surface area (Å²) in [6, 6.07) is 12.0. The molecule has 118 valence electrons. The van der Waals surface area contributed by atoms with Gasteiger partial charge in [0, 0.05) is 23.8 Å². The second kappa shape index (κ2) is 5.76. The molecule has 0 N–H and O–H groups in total. The predicted octanol–water partition coefficient (Wildman–Crippen LogP) is 4.36. The number of hydrogen-bond acceptors (Lipinski definition) is 4. The first-order chi connectivity index (χ1) is 10.9. The van der Waals surface area contributed by atoms with Crippen molar-refractivity contribution >= 4 is 11.8 Å². The van der Waals surface area contributed by atoms with Crippen molar-refractivity contribution in [3.8, 4) is 11.5 Å². The minimum absolute atomic E-state index is 0.0740. The highest BCUT2D eigenvalue weighted by molar-refractivity contribution is 5.62. The van der Waals surface area contributed by atoms with Crippen molar-refractivity contribution in [2.45, 2.75) is 26.1 Å². The van der Waals surface area contributed by atoms with Gasteiger partial charge in [0.15, 0.2) is 0 Å². The van der Waals surface area contributed by atoms with E-state index in [1.54, 1.807) is 12.1 Å². The Balaban J connectivity index is 1.69. The molecule has 3 rings (SSSR count). The van der Waals surface area contributed by atoms with Crippen LogP contribution in [0.4, 0.5) is 5.69 Å². The van der Waals surface area contributed by atoms with E-state index < -0.39 is 4.92 Å². The van der Waals surface area contributed by atoms with Crippen molar-refractivity contribution in [3.05, 3.63) is 69.8 Å². The molecule has 1 heterocycles. The highest BCUT2D eigenvalue weighted by Crippen LogP contribution is 2.33. The molecule has 2 aromatic rings. The van der Waals surface area contributed by atoms with Gasteiger partial charge >= 0.3 is 0 Å². The third-order valence-electron chi connectivity index (χ3n) is 3.57. The Bertz CT molecular complexity index is 763. The fraction of sp³-hybridized carbons (Fsp3) is 0.222. The molecule has 0 unspecified atom stereocenters. The van der Waals surface area contributed by atoms with E-state index in [1.165, 1.54) is 12.1 Å². The van der Waals surface area contributed by atoms with Crippen LogP contribution in [0.2, 0.25) is 0 Å². The predicted molar refractivity (Wildman–Crippen MR) is 87.6 cm³/mol. The molecular weight excluding hydrogens is 294 g/mol. The Hall–Kier alpha value is -2.82. The lowest BCUT2D eigenvalue weighted by Gasteiger charge is -2.28. The van der Waals surface area contributed by atoms with Gasteiger partial charge < -0.3 is 9.47 Å². The van der Waals surface area contributed by atoms with E-state index in [1.807, 2.05) is 44.2 Å². The smallest absolute Gasteiger partial charge is 0.269 e. The fourth-order valence-electron chi connectivity index (χ4n) is 2.32. The van der Waals surface area contributed by atoms with Crippen LogP contribution < -0.4 is 9.47 Å². The van der Waals surface area contributed by atoms with E-state index in [0.29, 0.717) is 12.4 Å². The Morgan fingerprint density at radius 2 is 1.91 bits per heavy atom. The van der Waals surface area contributed by atoms with Crippen molar-refractivity contribution in [3.63, 3.8) is 0 Å². The molecule has 5 heteroatoms. The summed E-state index contributed by atoms with van der Waals surface area (Å²) < 4.78 is 11.7. The van der Waals surface area contributed by atoms with Gasteiger partial charge in [-0.05, 0) is 49.8 Å². The monoisotopic (exact) mass is 311 g/mol. The van der Waals surface area contributed by atoms with Crippen molar-refractivity contribution in [1.29, 1.82) is 0 Å². The molecule has 0 atom stereocenters. The lowest BCUT2D eigenvalue weighted by molar-refractivity contribution is -0.384. The van der Waals surface area contributed by atoms with Gasteiger partial charge in [0.05, 0.1) is 4.92 Å². The lowest BCUT2D eigenvalue weighted by atomic mass is 10.0. The number of hydrogen-bond donors (Lipinski definition) is 0. The summed E-state index contributed by atoms with van der Waals surface area (Å²) in [6.45, 7) is 4.34. The summed E-state index contributed by atoms with van der Waals surface area (Å²) in [4.78, 5) is 10.2. The number of fused-ring (bicyclic) bond motifs is 1. The molecule has 1 aliphatic rings. The van der Waals surface area contributed by atoms with Gasteiger partial charge in [-0.2, -0.15) is 0 Å². The quantitative estimate of drug-likeness (QED) is 0.622. The van der Waals surface area contributed by atoms with Crippen LogP contribution in [0, 0.1) is 10.1 Å². The summed E-state index contributed by atoms with van der Waals surface area (Å²) in [5, 5.41) is 10.6. The van der Waals surface area contributed by atoms with Gasteiger partial charge in [-0.25, -0.2) is 0 Å². The first-order valence-electron chi connectivity index (χ1n) is 7.31. The Kier molecular flexibility index (Phi) is 3.78. The third kappa shape index (κ3) is 3.51. The molecule has 0 amide bonds. The van der Waals surface area contributed by atoms with Gasteiger partial charge in [0.1, 0.15) is 23.7 Å². The summed E-state index contributed by atoms with van der Waals surface area (Å²) >= 11 is 0. The van der Waals surface area contributed by atoms with Gasteiger partial charge in [-0.3, -0.25) is 10.1 Å². The number of nitrogens with zero attached hydrogens (tertiary/aromatic N) is 1. The Morgan fingerprint density at radius 1 is 1.17 bits per heavy atom. The van der Waals surface area contributed by atoms with Crippen molar-refractivity contribution in [2.75, 3.05) is 0 Å². The molecule has 0 saturated carbocycles. The summed E-state index contributed by atoms with van der Waals surface area (Å²) in [5.41, 5.74) is 1.63. The summed E-state index contributed by atoms with van der Waals surface area (Å²) in [5.74, 6) is 1.49. The molecule has 2 aromatic carbocycles. The second-order valence-corrected chi connectivity index (χ2v) is 5.95. The molecule has 0 aliphatic carbocycles. The maximum atomic E-state index is 10.6. The first kappa shape index (κ1) is 15.1. The van der Waals surface area contributed by atoms with Crippen LogP contribution in [0.25, 0.3) is 6.08 Å². The SMILES string of the molecule is CC1(C)C=Cc2ccc(OCc3ccc([N+](=O)[O-])cc3)cc2O1. The average molecular weight is 311 g/mol. The van der Waals surface area contributed by atoms with E-state index in [0.717, 1.165) is 16.9 Å². The van der Waals surface area contributed by atoms with E-state index in [9.17, 15) is 10.1 Å². The van der Waals surface area contributed by atoms with Crippen LogP contribution in [-0.2, 0) is 6.61 Å². The Labute approximate surface area is 134 Å². The molecule has 0 aromatic heterocycles. The summed E-state index contributed by atoms with van der Waals surface area (Å²) in [7, 11) is 0. The van der Waals surface area contributed by atoms with E-state index in [2.05, 4.69) is 0 Å². The van der Waals surface area contributed by atoms with E-state index in [4.69, 9.17) is 9.47 Å². The molecule has 0 spiro atoms. The highest BCUT2D eigenvalue weighted by atomic mass is 16.6. The maximum Gasteiger partial charge on any atom is 0.269 e. The van der Waals surface area contributed by atoms with Crippen LogP contribution in [0.3, 0.4) is 0 Å². The van der Waals surface area contributed by atoms with Crippen molar-refractivity contribution < 1.29 is 14.4 Å². The van der Waals surface area contributed by atoms with Crippen LogP contribution >= 0.6 is 0 Å². The summed E-state index contributed by atoms with van der Waals surface area (Å²) in [6.07, 6.45) is 4.06. The fourth-order valence-corrected chi connectivity index (χ4v) is 2.32. The van der Waals surface area contributed by atoms with Crippen LogP contribution in [-0.4, -0.2) is 10.5 Å². The van der Waals surface area contributed by atoms with Crippen LogP contribution in [0.1, 0.15) is 25.0 Å². The molecule has 0 fully saturated rings. The zero-order valence-electron chi connectivity index (χ0n) is 13.0. The van der Waals surface area contributed by atoms with Crippen molar-refractivity contribution in [2.24, 2.45) is 0 Å². The van der Waals surface area contributed by atoms with Crippen LogP contribution in [0.15, 0.2) is 48.5 Å². The number of ether oxygens (including phenoxy) is 2. The first-order valence-corrected chi connectivity index (χ1v) is 7.31. The van der Waals surface area contributed by atoms with Crippen molar-refractivity contribution in [1.82, 2.24) is 0 Å². The third-order valence-corrected chi connectivity index (χ3v) is 3.57. The minimum Gasteiger partial charge on any atom is -0.489 e. The molecule has 23 heavy (non-hydrogen) atoms. The van der Waals surface area contributed by atoms with Gasteiger partial charge in [0.25, 0.3) is 5.69 Å². The number of nitro groups is 1. The normalized spacial score (nSPS) is 14.7. The average Bonchev–Trinajstić information content (AvgIpc) is 2.52. The molecular formula is C18H17NO4. The molecule has 1 aliphatic heterocycles. The zero-order chi connectivity index (χ0) is 16.4. The lowest BCUT2D eigenvalue weighted by Crippen LogP contribution is -2.27. The molecule has 0 radical (unpaired) electrons. The number of benzene rings is 2. The molecule has 5 nitrogen and oxygen atoms in total. The Morgan fingerprint density at radius 3 is 2.61 bits per heavy atom. The van der Waals surface area contributed by atoms with Gasteiger partial charge in [0.2, 0.25) is 0 Å². The number of rotatable bonds is 4. The standard InChI is InChI=1S/C18H17NO4/c1-18(2)10-9-14-5-8-16(11-17(14)23-18)22-12-13-3-6-15(7-4-13)19(20)21/h3-11H,12H2,1-2H3. The maximum absolute atomic E-state index is 10.6. The van der Waals surface area contributed by atoms with Gasteiger partial charge in [-0.1, -0.05) is 6.08 Å². The van der Waals surface area contributed by atoms with Gasteiger partial charge in [-0.15, -0.1) is 0 Å². The second-order valence-electron chi connectivity index (χ2n) is 5.95. The number of non-ortho nitro benzene ring substituents is 1. The largest absolute Gasteiger partial charge is 0.489 e. The van der Waals surface area contributed by atoms with E-state index in [-0.39, 0.29) is 11.3 Å². The molecule has 0 saturated heterocycles. The highest BCUT2D eigenvalue weighted by Gasteiger charge is 2.21. The molecule has 0 bridgehead atoms. The van der Waals surface area contributed by atoms with Crippen LogP contribution in [0.5, 0.6) is 11.5 Å². The zero-order valence-corrected chi connectivity index (χ0v) is 13.0. The number of nitro benzene ring substituents is 1. The topological polar surface area (TPSA) is 61.6 Å². The van der Waals surface area contributed by atoms with E-state index >= 15 is 0 Å².